The van der Waals surface area contributed by atoms with E-state index >= 15 is 0 Å². The second-order valence-corrected chi connectivity index (χ2v) is 5.67. The molecule has 1 fully saturated rings. The zero-order valence-corrected chi connectivity index (χ0v) is 12.7. The largest absolute Gasteiger partial charge is 0.317 e. The SMILES string of the molecule is CCN(CC)CCCC(C)NCC1CCNCC1. The maximum absolute atomic E-state index is 3.72. The van der Waals surface area contributed by atoms with Crippen LogP contribution in [0.3, 0.4) is 0 Å². The summed E-state index contributed by atoms with van der Waals surface area (Å²) in [7, 11) is 0. The van der Waals surface area contributed by atoms with Crippen molar-refractivity contribution in [1.82, 2.24) is 15.5 Å². The van der Waals surface area contributed by atoms with Gasteiger partial charge in [-0.3, -0.25) is 0 Å². The van der Waals surface area contributed by atoms with Crippen LogP contribution in [-0.4, -0.2) is 50.2 Å². The molecule has 18 heavy (non-hydrogen) atoms. The molecule has 0 aromatic heterocycles. The fourth-order valence-corrected chi connectivity index (χ4v) is 2.72. The lowest BCUT2D eigenvalue weighted by molar-refractivity contribution is 0.286. The van der Waals surface area contributed by atoms with Gasteiger partial charge >= 0.3 is 0 Å². The Balaban J connectivity index is 2.00. The third kappa shape index (κ3) is 6.72. The van der Waals surface area contributed by atoms with Gasteiger partial charge in [0.05, 0.1) is 0 Å². The van der Waals surface area contributed by atoms with Crippen LogP contribution in [0.25, 0.3) is 0 Å². The molecule has 108 valence electrons. The molecule has 2 N–H and O–H groups in total. The molecule has 1 rings (SSSR count). The Morgan fingerprint density at radius 3 is 2.50 bits per heavy atom. The maximum atomic E-state index is 3.72. The van der Waals surface area contributed by atoms with E-state index in [9.17, 15) is 0 Å². The van der Waals surface area contributed by atoms with Crippen LogP contribution in [0.5, 0.6) is 0 Å². The van der Waals surface area contributed by atoms with E-state index in [2.05, 4.69) is 36.3 Å². The smallest absolute Gasteiger partial charge is 0.00393 e. The first-order valence-electron chi connectivity index (χ1n) is 7.92. The molecule has 1 aliphatic rings. The van der Waals surface area contributed by atoms with E-state index in [1.54, 1.807) is 0 Å². The number of rotatable bonds is 9. The number of piperidine rings is 1. The lowest BCUT2D eigenvalue weighted by Crippen LogP contribution is -2.37. The van der Waals surface area contributed by atoms with Crippen molar-refractivity contribution in [2.75, 3.05) is 39.3 Å². The number of hydrogen-bond acceptors (Lipinski definition) is 3. The van der Waals surface area contributed by atoms with E-state index in [0.717, 1.165) is 5.92 Å². The summed E-state index contributed by atoms with van der Waals surface area (Å²) in [6.07, 6.45) is 5.32. The highest BCUT2D eigenvalue weighted by Gasteiger charge is 2.13. The molecule has 0 aromatic rings. The minimum Gasteiger partial charge on any atom is -0.317 e. The molecular weight excluding hydrogens is 222 g/mol. The highest BCUT2D eigenvalue weighted by Crippen LogP contribution is 2.10. The van der Waals surface area contributed by atoms with E-state index in [4.69, 9.17) is 0 Å². The van der Waals surface area contributed by atoms with E-state index in [1.807, 2.05) is 0 Å². The second-order valence-electron chi connectivity index (χ2n) is 5.67. The summed E-state index contributed by atoms with van der Waals surface area (Å²) in [6.45, 7) is 14.1. The first kappa shape index (κ1) is 15.9. The third-order valence-electron chi connectivity index (χ3n) is 4.22. The molecule has 0 saturated carbocycles. The van der Waals surface area contributed by atoms with Crippen LogP contribution in [0.1, 0.15) is 46.5 Å². The Hall–Kier alpha value is -0.120. The molecule has 0 spiro atoms. The van der Waals surface area contributed by atoms with Crippen LogP contribution < -0.4 is 10.6 Å². The molecule has 1 heterocycles. The van der Waals surface area contributed by atoms with Gasteiger partial charge in [-0.15, -0.1) is 0 Å². The van der Waals surface area contributed by atoms with Crippen LogP contribution in [0.4, 0.5) is 0 Å². The van der Waals surface area contributed by atoms with E-state index in [0.29, 0.717) is 6.04 Å². The standard InChI is InChI=1S/C15H33N3/c1-4-18(5-2)12-6-7-14(3)17-13-15-8-10-16-11-9-15/h14-17H,4-13H2,1-3H3. The molecule has 0 aliphatic carbocycles. The van der Waals surface area contributed by atoms with Gasteiger partial charge in [-0.1, -0.05) is 13.8 Å². The predicted octanol–water partition coefficient (Wildman–Crippen LogP) is 2.09. The van der Waals surface area contributed by atoms with Crippen LogP contribution in [0.2, 0.25) is 0 Å². The topological polar surface area (TPSA) is 27.3 Å². The molecule has 0 aromatic carbocycles. The molecule has 1 atom stereocenters. The van der Waals surface area contributed by atoms with Crippen molar-refractivity contribution in [3.05, 3.63) is 0 Å². The van der Waals surface area contributed by atoms with Gasteiger partial charge in [0.15, 0.2) is 0 Å². The third-order valence-corrected chi connectivity index (χ3v) is 4.22. The molecule has 0 radical (unpaired) electrons. The van der Waals surface area contributed by atoms with Crippen molar-refractivity contribution in [3.8, 4) is 0 Å². The second kappa shape index (κ2) is 9.76. The van der Waals surface area contributed by atoms with Crippen molar-refractivity contribution in [1.29, 1.82) is 0 Å². The minimum absolute atomic E-state index is 0.676. The Labute approximate surface area is 114 Å². The van der Waals surface area contributed by atoms with Gasteiger partial charge in [0, 0.05) is 6.04 Å². The van der Waals surface area contributed by atoms with Gasteiger partial charge < -0.3 is 15.5 Å². The van der Waals surface area contributed by atoms with Gasteiger partial charge in [-0.2, -0.15) is 0 Å². The number of nitrogens with zero attached hydrogens (tertiary/aromatic N) is 1. The summed E-state index contributed by atoms with van der Waals surface area (Å²) >= 11 is 0. The summed E-state index contributed by atoms with van der Waals surface area (Å²) in [5, 5.41) is 7.14. The molecule has 0 bridgehead atoms. The van der Waals surface area contributed by atoms with Crippen molar-refractivity contribution >= 4 is 0 Å². The molecular formula is C15H33N3. The average molecular weight is 255 g/mol. The van der Waals surface area contributed by atoms with Gasteiger partial charge in [0.1, 0.15) is 0 Å². The Morgan fingerprint density at radius 2 is 1.89 bits per heavy atom. The molecule has 1 saturated heterocycles. The van der Waals surface area contributed by atoms with Crippen LogP contribution >= 0.6 is 0 Å². The van der Waals surface area contributed by atoms with Gasteiger partial charge in [-0.05, 0) is 77.8 Å². The van der Waals surface area contributed by atoms with Crippen molar-refractivity contribution in [2.24, 2.45) is 5.92 Å². The summed E-state index contributed by atoms with van der Waals surface area (Å²) in [5.74, 6) is 0.900. The van der Waals surface area contributed by atoms with E-state index in [1.165, 1.54) is 65.0 Å². The number of nitrogens with one attached hydrogen (secondary N) is 2. The minimum atomic E-state index is 0.676. The molecule has 3 nitrogen and oxygen atoms in total. The van der Waals surface area contributed by atoms with Crippen LogP contribution in [0, 0.1) is 5.92 Å². The van der Waals surface area contributed by atoms with Crippen LogP contribution in [-0.2, 0) is 0 Å². The summed E-state index contributed by atoms with van der Waals surface area (Å²) in [4.78, 5) is 2.51. The molecule has 1 unspecified atom stereocenters. The van der Waals surface area contributed by atoms with Crippen LogP contribution in [0.15, 0.2) is 0 Å². The Kier molecular flexibility index (Phi) is 8.64. The lowest BCUT2D eigenvalue weighted by Gasteiger charge is -2.25. The lowest BCUT2D eigenvalue weighted by atomic mass is 9.98. The number of hydrogen-bond donors (Lipinski definition) is 2. The fourth-order valence-electron chi connectivity index (χ4n) is 2.72. The monoisotopic (exact) mass is 255 g/mol. The van der Waals surface area contributed by atoms with E-state index in [-0.39, 0.29) is 0 Å². The zero-order valence-electron chi connectivity index (χ0n) is 12.7. The fraction of sp³-hybridized carbons (Fsp3) is 1.00. The predicted molar refractivity (Wildman–Crippen MR) is 80.1 cm³/mol. The Morgan fingerprint density at radius 1 is 1.22 bits per heavy atom. The zero-order chi connectivity index (χ0) is 13.2. The van der Waals surface area contributed by atoms with Crippen molar-refractivity contribution in [2.45, 2.75) is 52.5 Å². The summed E-state index contributed by atoms with van der Waals surface area (Å²) < 4.78 is 0. The highest BCUT2D eigenvalue weighted by atomic mass is 15.1. The summed E-state index contributed by atoms with van der Waals surface area (Å²) in [6, 6.07) is 0.676. The van der Waals surface area contributed by atoms with Gasteiger partial charge in [-0.25, -0.2) is 0 Å². The normalized spacial score (nSPS) is 19.3. The van der Waals surface area contributed by atoms with Gasteiger partial charge in [0.2, 0.25) is 0 Å². The highest BCUT2D eigenvalue weighted by molar-refractivity contribution is 4.72. The first-order chi connectivity index (χ1) is 8.76. The van der Waals surface area contributed by atoms with Crippen molar-refractivity contribution < 1.29 is 0 Å². The van der Waals surface area contributed by atoms with Gasteiger partial charge in [0.25, 0.3) is 0 Å². The quantitative estimate of drug-likeness (QED) is 0.660. The average Bonchev–Trinajstić information content (AvgIpc) is 2.42. The summed E-state index contributed by atoms with van der Waals surface area (Å²) in [5.41, 5.74) is 0. The Bertz CT molecular complexity index is 186. The molecule has 0 amide bonds. The maximum Gasteiger partial charge on any atom is 0.00393 e. The molecule has 1 aliphatic heterocycles. The van der Waals surface area contributed by atoms with E-state index < -0.39 is 0 Å². The van der Waals surface area contributed by atoms with Crippen molar-refractivity contribution in [3.63, 3.8) is 0 Å². The molecule has 3 heteroatoms. The first-order valence-corrected chi connectivity index (χ1v) is 7.92.